The van der Waals surface area contributed by atoms with Crippen LogP contribution in [0, 0.1) is 0 Å². The predicted molar refractivity (Wildman–Crippen MR) is 99.7 cm³/mol. The van der Waals surface area contributed by atoms with Crippen molar-refractivity contribution in [1.29, 1.82) is 0 Å². The van der Waals surface area contributed by atoms with E-state index in [-0.39, 0.29) is 0 Å². The maximum Gasteiger partial charge on any atom is 0.490 e. The molecule has 0 aliphatic carbocycles. The molecule has 0 aliphatic rings. The number of carbonyl (C=O) groups is 1. The third-order valence-corrected chi connectivity index (χ3v) is 4.12. The Labute approximate surface area is 157 Å². The fourth-order valence-electron chi connectivity index (χ4n) is 2.69. The number of alkyl halides is 3. The number of hydrogen-bond donors (Lipinski definition) is 2. The number of hydrogen-bond acceptors (Lipinski definition) is 3. The first-order valence-electron chi connectivity index (χ1n) is 8.23. The van der Waals surface area contributed by atoms with E-state index in [1.807, 2.05) is 16.9 Å². The second-order valence-electron chi connectivity index (χ2n) is 6.05. The van der Waals surface area contributed by atoms with Crippen LogP contribution in [0.25, 0.3) is 27.4 Å². The lowest BCUT2D eigenvalue weighted by Crippen LogP contribution is -2.21. The van der Waals surface area contributed by atoms with Gasteiger partial charge in [-0.3, -0.25) is 0 Å². The Morgan fingerprint density at radius 2 is 1.71 bits per heavy atom. The lowest BCUT2D eigenvalue weighted by molar-refractivity contribution is -0.192. The minimum atomic E-state index is -5.08. The molecular weight excluding hydrogens is 371 g/mol. The highest BCUT2D eigenvalue weighted by atomic mass is 19.4. The molecule has 0 saturated heterocycles. The van der Waals surface area contributed by atoms with Crippen LogP contribution in [0.3, 0.4) is 0 Å². The third kappa shape index (κ3) is 4.29. The SMILES string of the molecule is NCc1ccc2ccc(-c3ccc4cncn4c3)cc2c1.O=C(O)C(F)(F)F. The Morgan fingerprint density at radius 1 is 1.04 bits per heavy atom. The van der Waals surface area contributed by atoms with Crippen molar-refractivity contribution < 1.29 is 23.1 Å². The summed E-state index contributed by atoms with van der Waals surface area (Å²) in [5.74, 6) is -2.76. The molecule has 3 N–H and O–H groups in total. The summed E-state index contributed by atoms with van der Waals surface area (Å²) in [7, 11) is 0. The molecule has 0 amide bonds. The molecule has 2 aromatic carbocycles. The normalized spacial score (nSPS) is 11.3. The second kappa shape index (κ2) is 7.69. The van der Waals surface area contributed by atoms with Crippen molar-refractivity contribution in [3.05, 3.63) is 72.8 Å². The van der Waals surface area contributed by atoms with Crippen LogP contribution in [0.2, 0.25) is 0 Å². The summed E-state index contributed by atoms with van der Waals surface area (Å²) in [6.45, 7) is 0.571. The van der Waals surface area contributed by atoms with E-state index in [0.717, 1.165) is 11.1 Å². The third-order valence-electron chi connectivity index (χ3n) is 4.12. The van der Waals surface area contributed by atoms with Gasteiger partial charge in [0.15, 0.2) is 0 Å². The van der Waals surface area contributed by atoms with Crippen LogP contribution in [0.4, 0.5) is 13.2 Å². The molecule has 0 spiro atoms. The molecule has 4 aromatic rings. The highest BCUT2D eigenvalue weighted by molar-refractivity contribution is 5.88. The molecule has 2 aromatic heterocycles. The quantitative estimate of drug-likeness (QED) is 0.539. The van der Waals surface area contributed by atoms with Gasteiger partial charge < -0.3 is 15.2 Å². The zero-order valence-corrected chi connectivity index (χ0v) is 14.5. The summed E-state index contributed by atoms with van der Waals surface area (Å²) in [4.78, 5) is 13.1. The van der Waals surface area contributed by atoms with Gasteiger partial charge in [0.2, 0.25) is 0 Å². The fraction of sp³-hybridized carbons (Fsp3) is 0.100. The number of rotatable bonds is 2. The van der Waals surface area contributed by atoms with Crippen LogP contribution >= 0.6 is 0 Å². The molecule has 0 bridgehead atoms. The number of aliphatic carboxylic acids is 1. The summed E-state index contributed by atoms with van der Waals surface area (Å²) in [5.41, 5.74) is 10.4. The maximum atomic E-state index is 10.6. The van der Waals surface area contributed by atoms with Crippen molar-refractivity contribution in [2.24, 2.45) is 5.73 Å². The van der Waals surface area contributed by atoms with E-state index < -0.39 is 12.1 Å². The highest BCUT2D eigenvalue weighted by Crippen LogP contribution is 2.25. The van der Waals surface area contributed by atoms with Gasteiger partial charge in [0.05, 0.1) is 18.0 Å². The lowest BCUT2D eigenvalue weighted by Gasteiger charge is -2.06. The van der Waals surface area contributed by atoms with Crippen molar-refractivity contribution in [1.82, 2.24) is 9.38 Å². The molecule has 8 heteroatoms. The first-order valence-corrected chi connectivity index (χ1v) is 8.23. The number of fused-ring (bicyclic) bond motifs is 2. The fourth-order valence-corrected chi connectivity index (χ4v) is 2.69. The van der Waals surface area contributed by atoms with E-state index in [2.05, 4.69) is 59.7 Å². The Kier molecular flexibility index (Phi) is 5.32. The van der Waals surface area contributed by atoms with Crippen LogP contribution < -0.4 is 5.73 Å². The summed E-state index contributed by atoms with van der Waals surface area (Å²) in [6.07, 6.45) is 0.709. The van der Waals surface area contributed by atoms with Crippen molar-refractivity contribution >= 4 is 22.3 Å². The molecule has 0 saturated carbocycles. The molecule has 5 nitrogen and oxygen atoms in total. The molecule has 28 heavy (non-hydrogen) atoms. The smallest absolute Gasteiger partial charge is 0.475 e. The van der Waals surface area contributed by atoms with Gasteiger partial charge in [0.25, 0.3) is 0 Å². The van der Waals surface area contributed by atoms with Crippen LogP contribution in [0.5, 0.6) is 0 Å². The van der Waals surface area contributed by atoms with Gasteiger partial charge in [0.1, 0.15) is 0 Å². The van der Waals surface area contributed by atoms with Gasteiger partial charge >= 0.3 is 12.1 Å². The Bertz CT molecular complexity index is 1140. The number of imidazole rings is 1. The molecule has 0 atom stereocenters. The van der Waals surface area contributed by atoms with Crippen molar-refractivity contribution in [2.45, 2.75) is 12.7 Å². The maximum absolute atomic E-state index is 10.6. The molecule has 0 fully saturated rings. The van der Waals surface area contributed by atoms with Gasteiger partial charge in [0, 0.05) is 12.7 Å². The highest BCUT2D eigenvalue weighted by Gasteiger charge is 2.38. The Morgan fingerprint density at radius 3 is 2.39 bits per heavy atom. The molecule has 0 radical (unpaired) electrons. The molecular formula is C20H16F3N3O2. The molecule has 0 unspecified atom stereocenters. The number of pyridine rings is 1. The minimum absolute atomic E-state index is 0.571. The number of halogens is 3. The van der Waals surface area contributed by atoms with Gasteiger partial charge in [-0.2, -0.15) is 13.2 Å². The molecule has 144 valence electrons. The average Bonchev–Trinajstić information content (AvgIpc) is 3.14. The van der Waals surface area contributed by atoms with Gasteiger partial charge in [-0.15, -0.1) is 0 Å². The number of benzene rings is 2. The van der Waals surface area contributed by atoms with Crippen molar-refractivity contribution in [2.75, 3.05) is 0 Å². The van der Waals surface area contributed by atoms with Crippen molar-refractivity contribution in [3.63, 3.8) is 0 Å². The van der Waals surface area contributed by atoms with E-state index >= 15 is 0 Å². The first-order chi connectivity index (χ1) is 13.3. The van der Waals surface area contributed by atoms with Gasteiger partial charge in [-0.1, -0.05) is 30.3 Å². The van der Waals surface area contributed by atoms with E-state index in [4.69, 9.17) is 15.6 Å². The van der Waals surface area contributed by atoms with E-state index in [1.54, 1.807) is 0 Å². The summed E-state index contributed by atoms with van der Waals surface area (Å²) in [6, 6.07) is 17.1. The molecule has 0 aliphatic heterocycles. The zero-order valence-electron chi connectivity index (χ0n) is 14.5. The number of nitrogens with two attached hydrogens (primary N) is 1. The van der Waals surface area contributed by atoms with Crippen molar-refractivity contribution in [3.8, 4) is 11.1 Å². The number of aromatic nitrogens is 2. The minimum Gasteiger partial charge on any atom is -0.475 e. The summed E-state index contributed by atoms with van der Waals surface area (Å²) < 4.78 is 33.8. The van der Waals surface area contributed by atoms with Crippen LogP contribution in [0.1, 0.15) is 5.56 Å². The largest absolute Gasteiger partial charge is 0.490 e. The van der Waals surface area contributed by atoms with Gasteiger partial charge in [-0.05, 0) is 45.7 Å². The monoisotopic (exact) mass is 387 g/mol. The standard InChI is InChI=1S/C18H15N3.C2HF3O2/c19-9-13-1-2-14-3-4-15(8-17(14)7-13)16-5-6-18-10-20-12-21(18)11-16;3-2(4,5)1(6)7/h1-8,10-12H,9,19H2;(H,6,7). The lowest BCUT2D eigenvalue weighted by atomic mass is 10.0. The van der Waals surface area contributed by atoms with E-state index in [1.165, 1.54) is 21.9 Å². The van der Waals surface area contributed by atoms with E-state index in [0.29, 0.717) is 6.54 Å². The number of carboxylic acids is 1. The average molecular weight is 387 g/mol. The second-order valence-corrected chi connectivity index (χ2v) is 6.05. The number of carboxylic acid groups (broad SMARTS) is 1. The Hall–Kier alpha value is -3.39. The summed E-state index contributed by atoms with van der Waals surface area (Å²) in [5, 5.41) is 9.58. The number of nitrogens with zero attached hydrogens (tertiary/aromatic N) is 2. The van der Waals surface area contributed by atoms with E-state index in [9.17, 15) is 13.2 Å². The van der Waals surface area contributed by atoms with Gasteiger partial charge in [-0.25, -0.2) is 9.78 Å². The first kappa shape index (κ1) is 19.4. The Balaban J connectivity index is 0.000000279. The van der Waals surface area contributed by atoms with Crippen LogP contribution in [-0.2, 0) is 11.3 Å². The van der Waals surface area contributed by atoms with Crippen LogP contribution in [-0.4, -0.2) is 26.6 Å². The molecule has 2 heterocycles. The predicted octanol–water partition coefficient (Wildman–Crippen LogP) is 4.25. The molecule has 4 rings (SSSR count). The topological polar surface area (TPSA) is 80.6 Å². The van der Waals surface area contributed by atoms with Crippen LogP contribution in [0.15, 0.2) is 67.3 Å². The zero-order chi connectivity index (χ0) is 20.3. The summed E-state index contributed by atoms with van der Waals surface area (Å²) >= 11 is 0.